The van der Waals surface area contributed by atoms with Gasteiger partial charge in [0.25, 0.3) is 0 Å². The molecule has 18 heavy (non-hydrogen) atoms. The highest BCUT2D eigenvalue weighted by Gasteiger charge is 2.24. The monoisotopic (exact) mass is 253 g/mol. The Labute approximate surface area is 113 Å². The summed E-state index contributed by atoms with van der Waals surface area (Å²) in [6, 6.07) is 0.457. The molecule has 3 heteroatoms. The van der Waals surface area contributed by atoms with Gasteiger partial charge in [-0.1, -0.05) is 12.8 Å². The lowest BCUT2D eigenvalue weighted by molar-refractivity contribution is 0.150. The zero-order valence-electron chi connectivity index (χ0n) is 12.3. The summed E-state index contributed by atoms with van der Waals surface area (Å²) < 4.78 is 0. The maximum atomic E-state index is 6.25. The van der Waals surface area contributed by atoms with E-state index in [2.05, 4.69) is 23.9 Å². The second-order valence-electron chi connectivity index (χ2n) is 6.68. The average molecular weight is 253 g/mol. The molecule has 1 heterocycles. The highest BCUT2D eigenvalue weighted by atomic mass is 15.1. The van der Waals surface area contributed by atoms with Crippen LogP contribution < -0.4 is 5.73 Å². The van der Waals surface area contributed by atoms with E-state index in [0.29, 0.717) is 6.04 Å². The number of piperidine rings is 1. The second kappa shape index (κ2) is 6.88. The number of hydrogen-bond donors (Lipinski definition) is 1. The molecule has 0 aromatic carbocycles. The Balaban J connectivity index is 1.69. The van der Waals surface area contributed by atoms with Gasteiger partial charge in [-0.2, -0.15) is 0 Å². The van der Waals surface area contributed by atoms with Gasteiger partial charge in [0.1, 0.15) is 0 Å². The molecule has 1 aliphatic heterocycles. The van der Waals surface area contributed by atoms with Crippen molar-refractivity contribution in [2.45, 2.75) is 44.6 Å². The van der Waals surface area contributed by atoms with Crippen LogP contribution in [0.3, 0.4) is 0 Å². The smallest absolute Gasteiger partial charge is 0.00793 e. The summed E-state index contributed by atoms with van der Waals surface area (Å²) in [7, 11) is 4.53. The van der Waals surface area contributed by atoms with E-state index < -0.39 is 0 Å². The lowest BCUT2D eigenvalue weighted by atomic mass is 9.84. The SMILES string of the molecule is CN1CCC(CN(C)CC2CCCCC2N)CC1. The van der Waals surface area contributed by atoms with E-state index in [0.717, 1.165) is 11.8 Å². The lowest BCUT2D eigenvalue weighted by Crippen LogP contribution is -2.42. The molecule has 106 valence electrons. The number of hydrogen-bond acceptors (Lipinski definition) is 3. The summed E-state index contributed by atoms with van der Waals surface area (Å²) in [5.74, 6) is 1.65. The number of rotatable bonds is 4. The molecule has 2 aliphatic rings. The van der Waals surface area contributed by atoms with Crippen molar-refractivity contribution in [1.29, 1.82) is 0 Å². The third kappa shape index (κ3) is 4.22. The highest BCUT2D eigenvalue weighted by Crippen LogP contribution is 2.24. The van der Waals surface area contributed by atoms with Gasteiger partial charge in [0.05, 0.1) is 0 Å². The molecule has 3 nitrogen and oxygen atoms in total. The van der Waals surface area contributed by atoms with Crippen molar-refractivity contribution in [2.75, 3.05) is 40.3 Å². The van der Waals surface area contributed by atoms with Gasteiger partial charge in [0.15, 0.2) is 0 Å². The Morgan fingerprint density at radius 2 is 1.72 bits per heavy atom. The van der Waals surface area contributed by atoms with E-state index >= 15 is 0 Å². The predicted octanol–water partition coefficient (Wildman–Crippen LogP) is 1.78. The van der Waals surface area contributed by atoms with Crippen LogP contribution in [0, 0.1) is 11.8 Å². The summed E-state index contributed by atoms with van der Waals surface area (Å²) in [5.41, 5.74) is 6.25. The third-order valence-electron chi connectivity index (χ3n) is 4.92. The maximum absolute atomic E-state index is 6.25. The molecule has 2 atom stereocenters. The molecule has 1 aliphatic carbocycles. The molecule has 1 saturated carbocycles. The van der Waals surface area contributed by atoms with Gasteiger partial charge in [-0.15, -0.1) is 0 Å². The van der Waals surface area contributed by atoms with Crippen LogP contribution in [0.15, 0.2) is 0 Å². The van der Waals surface area contributed by atoms with Crippen molar-refractivity contribution in [2.24, 2.45) is 17.6 Å². The Morgan fingerprint density at radius 1 is 1.06 bits per heavy atom. The van der Waals surface area contributed by atoms with E-state index in [1.165, 1.54) is 64.7 Å². The normalized spacial score (nSPS) is 32.0. The zero-order chi connectivity index (χ0) is 13.0. The molecule has 2 rings (SSSR count). The lowest BCUT2D eigenvalue weighted by Gasteiger charge is -2.35. The van der Waals surface area contributed by atoms with E-state index in [4.69, 9.17) is 5.73 Å². The Hall–Kier alpha value is -0.120. The summed E-state index contributed by atoms with van der Waals surface area (Å²) in [6.45, 7) is 5.05. The molecule has 0 aromatic heterocycles. The number of nitrogens with zero attached hydrogens (tertiary/aromatic N) is 2. The van der Waals surface area contributed by atoms with E-state index in [-0.39, 0.29) is 0 Å². The molecule has 1 saturated heterocycles. The molecule has 0 radical (unpaired) electrons. The summed E-state index contributed by atoms with van der Waals surface area (Å²) in [5, 5.41) is 0. The quantitative estimate of drug-likeness (QED) is 0.829. The van der Waals surface area contributed by atoms with Gasteiger partial charge in [-0.25, -0.2) is 0 Å². The van der Waals surface area contributed by atoms with Crippen molar-refractivity contribution in [3.05, 3.63) is 0 Å². The maximum Gasteiger partial charge on any atom is 0.00793 e. The number of nitrogens with two attached hydrogens (primary N) is 1. The van der Waals surface area contributed by atoms with Crippen molar-refractivity contribution >= 4 is 0 Å². The molecule has 0 spiro atoms. The molecule has 2 fully saturated rings. The van der Waals surface area contributed by atoms with E-state index in [1.54, 1.807) is 0 Å². The minimum absolute atomic E-state index is 0.457. The van der Waals surface area contributed by atoms with Gasteiger partial charge in [0.2, 0.25) is 0 Å². The fourth-order valence-corrected chi connectivity index (χ4v) is 3.62. The first-order chi connectivity index (χ1) is 8.65. The van der Waals surface area contributed by atoms with Gasteiger partial charge in [-0.3, -0.25) is 0 Å². The van der Waals surface area contributed by atoms with Crippen LogP contribution in [0.4, 0.5) is 0 Å². The molecule has 0 bridgehead atoms. The fraction of sp³-hybridized carbons (Fsp3) is 1.00. The Bertz CT molecular complexity index is 236. The zero-order valence-corrected chi connectivity index (χ0v) is 12.3. The molecule has 0 aromatic rings. The minimum atomic E-state index is 0.457. The summed E-state index contributed by atoms with van der Waals surface area (Å²) >= 11 is 0. The van der Waals surface area contributed by atoms with Crippen LogP contribution in [0.1, 0.15) is 38.5 Å². The van der Waals surface area contributed by atoms with Gasteiger partial charge in [0, 0.05) is 19.1 Å². The molecule has 2 unspecified atom stereocenters. The molecular formula is C15H31N3. The topological polar surface area (TPSA) is 32.5 Å². The first-order valence-corrected chi connectivity index (χ1v) is 7.78. The van der Waals surface area contributed by atoms with Crippen LogP contribution in [-0.2, 0) is 0 Å². The summed E-state index contributed by atoms with van der Waals surface area (Å²) in [4.78, 5) is 5.00. The van der Waals surface area contributed by atoms with E-state index in [1.807, 2.05) is 0 Å². The summed E-state index contributed by atoms with van der Waals surface area (Å²) in [6.07, 6.45) is 8.07. The van der Waals surface area contributed by atoms with Crippen LogP contribution in [0.5, 0.6) is 0 Å². The van der Waals surface area contributed by atoms with Crippen LogP contribution >= 0.6 is 0 Å². The highest BCUT2D eigenvalue weighted by molar-refractivity contribution is 4.81. The first kappa shape index (κ1) is 14.3. The average Bonchev–Trinajstić information content (AvgIpc) is 2.35. The molecule has 2 N–H and O–H groups in total. The van der Waals surface area contributed by atoms with Crippen molar-refractivity contribution in [3.63, 3.8) is 0 Å². The largest absolute Gasteiger partial charge is 0.327 e. The molecule has 0 amide bonds. The predicted molar refractivity (Wildman–Crippen MR) is 77.7 cm³/mol. The van der Waals surface area contributed by atoms with Crippen LogP contribution in [0.2, 0.25) is 0 Å². The molecular weight excluding hydrogens is 222 g/mol. The third-order valence-corrected chi connectivity index (χ3v) is 4.92. The first-order valence-electron chi connectivity index (χ1n) is 7.78. The van der Waals surface area contributed by atoms with E-state index in [9.17, 15) is 0 Å². The number of likely N-dealkylation sites (tertiary alicyclic amines) is 1. The van der Waals surface area contributed by atoms with Gasteiger partial charge < -0.3 is 15.5 Å². The van der Waals surface area contributed by atoms with Crippen LogP contribution in [-0.4, -0.2) is 56.1 Å². The van der Waals surface area contributed by atoms with Gasteiger partial charge in [-0.05, 0) is 64.7 Å². The van der Waals surface area contributed by atoms with Crippen molar-refractivity contribution in [3.8, 4) is 0 Å². The van der Waals surface area contributed by atoms with Crippen molar-refractivity contribution < 1.29 is 0 Å². The minimum Gasteiger partial charge on any atom is -0.327 e. The van der Waals surface area contributed by atoms with Crippen LogP contribution in [0.25, 0.3) is 0 Å². The Morgan fingerprint density at radius 3 is 2.39 bits per heavy atom. The van der Waals surface area contributed by atoms with Crippen molar-refractivity contribution in [1.82, 2.24) is 9.80 Å². The second-order valence-corrected chi connectivity index (χ2v) is 6.68. The van der Waals surface area contributed by atoms with Gasteiger partial charge >= 0.3 is 0 Å². The fourth-order valence-electron chi connectivity index (χ4n) is 3.62. The Kier molecular flexibility index (Phi) is 5.46. The standard InChI is InChI=1S/C15H31N3/c1-17-9-7-13(8-10-17)11-18(2)12-14-5-3-4-6-15(14)16/h13-15H,3-12,16H2,1-2H3.